The molecule has 1 saturated carbocycles. The maximum atomic E-state index is 6.96. The Morgan fingerprint density at radius 3 is 2.88 bits per heavy atom. The van der Waals surface area contributed by atoms with Crippen molar-refractivity contribution in [1.82, 2.24) is 25.0 Å². The summed E-state index contributed by atoms with van der Waals surface area (Å²) in [4.78, 5) is 11.7. The maximum Gasteiger partial charge on any atom is 0.223 e. The van der Waals surface area contributed by atoms with Crippen LogP contribution >= 0.6 is 15.9 Å². The molecule has 0 unspecified atom stereocenters. The summed E-state index contributed by atoms with van der Waals surface area (Å²) in [5.74, 6) is 0.573. The summed E-state index contributed by atoms with van der Waals surface area (Å²) in [6.45, 7) is 6.96. The zero-order valence-corrected chi connectivity index (χ0v) is 15.0. The second-order valence-electron chi connectivity index (χ2n) is 6.18. The number of fused-ring (bicyclic) bond motifs is 1. The van der Waals surface area contributed by atoms with E-state index in [0.717, 1.165) is 41.2 Å². The summed E-state index contributed by atoms with van der Waals surface area (Å²) in [7, 11) is 0. The Morgan fingerprint density at radius 2 is 2.08 bits per heavy atom. The molecule has 7 nitrogen and oxygen atoms in total. The van der Waals surface area contributed by atoms with E-state index in [4.69, 9.17) is 6.57 Å². The lowest BCUT2D eigenvalue weighted by molar-refractivity contribution is 0.312. The van der Waals surface area contributed by atoms with Crippen molar-refractivity contribution in [3.8, 4) is 0 Å². The molecule has 0 radical (unpaired) electrons. The second kappa shape index (κ2) is 6.76. The maximum absolute atomic E-state index is 6.96. The third kappa shape index (κ3) is 3.20. The van der Waals surface area contributed by atoms with Crippen LogP contribution in [0.4, 0.5) is 11.6 Å². The highest BCUT2D eigenvalue weighted by Crippen LogP contribution is 2.32. The highest BCUT2D eigenvalue weighted by molar-refractivity contribution is 9.10. The van der Waals surface area contributed by atoms with Gasteiger partial charge in [-0.25, -0.2) is 19.5 Å². The molecule has 1 fully saturated rings. The van der Waals surface area contributed by atoms with Gasteiger partial charge in [-0.15, -0.1) is 5.10 Å². The van der Waals surface area contributed by atoms with Crippen molar-refractivity contribution >= 4 is 38.6 Å². The Morgan fingerprint density at radius 1 is 1.24 bits per heavy atom. The number of nitrogens with one attached hydrogen (secondary N) is 1. The van der Waals surface area contributed by atoms with Gasteiger partial charge in [-0.1, -0.05) is 11.3 Å². The third-order valence-electron chi connectivity index (χ3n) is 4.55. The topological polar surface area (TPSA) is 72.9 Å². The Hall–Kier alpha value is -2.53. The molecule has 1 aliphatic carbocycles. The Kier molecular flexibility index (Phi) is 4.32. The number of halogens is 1. The largest absolute Gasteiger partial charge is 0.352 e. The number of rotatable bonds is 3. The Balaban J connectivity index is 1.52. The quantitative estimate of drug-likeness (QED) is 0.672. The number of anilines is 1. The number of benzene rings is 1. The molecule has 2 heterocycles. The monoisotopic (exact) mass is 397 g/mol. The van der Waals surface area contributed by atoms with Gasteiger partial charge < -0.3 is 5.32 Å². The van der Waals surface area contributed by atoms with Crippen LogP contribution in [0.1, 0.15) is 31.7 Å². The van der Waals surface area contributed by atoms with Gasteiger partial charge in [0.1, 0.15) is 5.52 Å². The molecule has 2 aromatic heterocycles. The third-order valence-corrected chi connectivity index (χ3v) is 5.19. The Bertz CT molecular complexity index is 928. The van der Waals surface area contributed by atoms with Gasteiger partial charge in [0.25, 0.3) is 0 Å². The number of hydrogen-bond donors (Lipinski definition) is 1. The van der Waals surface area contributed by atoms with Crippen molar-refractivity contribution in [2.45, 2.75) is 37.8 Å². The molecule has 1 N–H and O–H groups in total. The van der Waals surface area contributed by atoms with Crippen LogP contribution in [0.2, 0.25) is 0 Å². The van der Waals surface area contributed by atoms with E-state index >= 15 is 0 Å². The summed E-state index contributed by atoms with van der Waals surface area (Å²) >= 11 is 3.54. The van der Waals surface area contributed by atoms with Crippen LogP contribution < -0.4 is 5.32 Å². The van der Waals surface area contributed by atoms with Crippen molar-refractivity contribution in [1.29, 1.82) is 0 Å². The minimum atomic E-state index is 0.281. The van der Waals surface area contributed by atoms with E-state index < -0.39 is 0 Å². The van der Waals surface area contributed by atoms with Crippen LogP contribution in [-0.4, -0.2) is 31.0 Å². The van der Waals surface area contributed by atoms with E-state index in [1.807, 2.05) is 16.8 Å². The standard InChI is InChI=1S/C17H16BrN7/c1-19-12-9-20-17(21-10-12)22-11-4-2-5-13(8-11)25-15-7-3-6-14(18)16(15)23-24-25/h3,6-7,9-11,13H,2,4-5,8H2,(H,20,21,22)/t11-,13+/m1/s1. The first-order chi connectivity index (χ1) is 12.2. The van der Waals surface area contributed by atoms with Crippen molar-refractivity contribution in [3.63, 3.8) is 0 Å². The van der Waals surface area contributed by atoms with Gasteiger partial charge in [-0.05, 0) is 53.7 Å². The fourth-order valence-electron chi connectivity index (χ4n) is 3.35. The van der Waals surface area contributed by atoms with Crippen LogP contribution in [0.5, 0.6) is 0 Å². The SMILES string of the molecule is [C-]#[N+]c1cnc(N[C@@H]2CCC[C@H](n3nnc4c(Br)cccc43)C2)nc1. The average molecular weight is 398 g/mol. The van der Waals surface area contributed by atoms with E-state index in [1.54, 1.807) is 12.4 Å². The normalized spacial score (nSPS) is 20.3. The van der Waals surface area contributed by atoms with Gasteiger partial charge in [-0.2, -0.15) is 0 Å². The lowest BCUT2D eigenvalue weighted by Crippen LogP contribution is -2.30. The van der Waals surface area contributed by atoms with Crippen molar-refractivity contribution in [3.05, 3.63) is 46.5 Å². The van der Waals surface area contributed by atoms with E-state index in [9.17, 15) is 0 Å². The van der Waals surface area contributed by atoms with Crippen molar-refractivity contribution in [2.75, 3.05) is 5.32 Å². The molecule has 1 aromatic carbocycles. The molecule has 0 spiro atoms. The summed E-state index contributed by atoms with van der Waals surface area (Å²) in [6.07, 6.45) is 7.30. The molecule has 8 heteroatoms. The predicted molar refractivity (Wildman–Crippen MR) is 98.4 cm³/mol. The zero-order chi connectivity index (χ0) is 17.2. The molecule has 0 amide bonds. The van der Waals surface area contributed by atoms with E-state index in [-0.39, 0.29) is 6.04 Å². The molecule has 126 valence electrons. The predicted octanol–water partition coefficient (Wildman–Crippen LogP) is 4.13. The second-order valence-corrected chi connectivity index (χ2v) is 7.03. The fraction of sp³-hybridized carbons (Fsp3) is 0.353. The van der Waals surface area contributed by atoms with Crippen LogP contribution in [0.3, 0.4) is 0 Å². The molecule has 0 aliphatic heterocycles. The number of hydrogen-bond acceptors (Lipinski definition) is 5. The summed E-state index contributed by atoms with van der Waals surface area (Å²) < 4.78 is 3.01. The summed E-state index contributed by atoms with van der Waals surface area (Å²) in [5, 5.41) is 12.1. The van der Waals surface area contributed by atoms with Crippen LogP contribution in [0.25, 0.3) is 15.9 Å². The fourth-order valence-corrected chi connectivity index (χ4v) is 3.79. The van der Waals surface area contributed by atoms with Gasteiger partial charge in [-0.3, -0.25) is 0 Å². The van der Waals surface area contributed by atoms with E-state index in [0.29, 0.717) is 17.7 Å². The van der Waals surface area contributed by atoms with Gasteiger partial charge in [0.2, 0.25) is 11.6 Å². The van der Waals surface area contributed by atoms with E-state index in [2.05, 4.69) is 52.4 Å². The van der Waals surface area contributed by atoms with Crippen LogP contribution in [-0.2, 0) is 0 Å². The molecule has 0 bridgehead atoms. The molecule has 2 atom stereocenters. The van der Waals surface area contributed by atoms with Gasteiger partial charge >= 0.3 is 0 Å². The molecule has 1 aliphatic rings. The smallest absolute Gasteiger partial charge is 0.223 e. The van der Waals surface area contributed by atoms with Crippen LogP contribution in [0.15, 0.2) is 35.1 Å². The average Bonchev–Trinajstić information content (AvgIpc) is 3.08. The Labute approximate surface area is 153 Å². The minimum absolute atomic E-state index is 0.281. The van der Waals surface area contributed by atoms with Gasteiger partial charge in [0.15, 0.2) is 0 Å². The highest BCUT2D eigenvalue weighted by Gasteiger charge is 2.26. The lowest BCUT2D eigenvalue weighted by atomic mass is 9.91. The molecular weight excluding hydrogens is 382 g/mol. The molecule has 3 aromatic rings. The molecular formula is C17H16BrN7. The van der Waals surface area contributed by atoms with Crippen molar-refractivity contribution < 1.29 is 0 Å². The zero-order valence-electron chi connectivity index (χ0n) is 13.4. The number of aromatic nitrogens is 5. The van der Waals surface area contributed by atoms with E-state index in [1.165, 1.54) is 0 Å². The first-order valence-electron chi connectivity index (χ1n) is 8.20. The molecule has 0 saturated heterocycles. The summed E-state index contributed by atoms with van der Waals surface area (Å²) in [6, 6.07) is 6.63. The number of nitrogens with zero attached hydrogens (tertiary/aromatic N) is 6. The molecule has 4 rings (SSSR count). The lowest BCUT2D eigenvalue weighted by Gasteiger charge is -2.30. The van der Waals surface area contributed by atoms with Crippen molar-refractivity contribution in [2.24, 2.45) is 0 Å². The van der Waals surface area contributed by atoms with Gasteiger partial charge in [0, 0.05) is 22.9 Å². The van der Waals surface area contributed by atoms with Gasteiger partial charge in [0.05, 0.1) is 18.1 Å². The minimum Gasteiger partial charge on any atom is -0.352 e. The first kappa shape index (κ1) is 16.0. The van der Waals surface area contributed by atoms with Crippen LogP contribution in [0, 0.1) is 6.57 Å². The summed E-state index contributed by atoms with van der Waals surface area (Å²) in [5.41, 5.74) is 2.40. The molecule has 25 heavy (non-hydrogen) atoms. The highest BCUT2D eigenvalue weighted by atomic mass is 79.9. The first-order valence-corrected chi connectivity index (χ1v) is 8.99.